The fraction of sp³-hybridized carbons (Fsp3) is 0.316. The zero-order valence-electron chi connectivity index (χ0n) is 14.7. The summed E-state index contributed by atoms with van der Waals surface area (Å²) in [4.78, 5) is 20.8. The molecule has 0 aliphatic rings. The zero-order valence-corrected chi connectivity index (χ0v) is 14.7. The molecule has 1 N–H and O–H groups in total. The minimum Gasteiger partial charge on any atom is -0.444 e. The number of ether oxygens (including phenoxy) is 1. The summed E-state index contributed by atoms with van der Waals surface area (Å²) in [6, 6.07) is 13.9. The molecule has 6 nitrogen and oxygen atoms in total. The van der Waals surface area contributed by atoms with Crippen LogP contribution in [0, 0.1) is 0 Å². The summed E-state index contributed by atoms with van der Waals surface area (Å²) in [6.45, 7) is 5.96. The largest absolute Gasteiger partial charge is 0.444 e. The average molecular weight is 338 g/mol. The van der Waals surface area contributed by atoms with E-state index in [2.05, 4.69) is 19.9 Å². The van der Waals surface area contributed by atoms with Gasteiger partial charge in [-0.05, 0) is 45.0 Å². The quantitative estimate of drug-likeness (QED) is 0.790. The van der Waals surface area contributed by atoms with E-state index in [1.165, 1.54) is 0 Å². The van der Waals surface area contributed by atoms with Gasteiger partial charge in [0, 0.05) is 24.8 Å². The van der Waals surface area contributed by atoms with Crippen LogP contribution in [-0.4, -0.2) is 32.8 Å². The van der Waals surface area contributed by atoms with Crippen LogP contribution in [0.5, 0.6) is 0 Å². The van der Waals surface area contributed by atoms with Crippen molar-refractivity contribution < 1.29 is 9.53 Å². The van der Waals surface area contributed by atoms with Gasteiger partial charge in [-0.1, -0.05) is 18.2 Å². The molecule has 130 valence electrons. The number of alkyl carbamates (subject to hydrolysis) is 1. The van der Waals surface area contributed by atoms with Crippen molar-refractivity contribution in [1.82, 2.24) is 19.9 Å². The monoisotopic (exact) mass is 338 g/mol. The number of imidazole rings is 1. The molecule has 1 amide bonds. The SMILES string of the molecule is CC(C)(C)OC(=O)NCCc1nc2ncccc2n1-c1ccccc1. The first-order valence-electron chi connectivity index (χ1n) is 8.29. The van der Waals surface area contributed by atoms with E-state index in [9.17, 15) is 4.79 Å². The van der Waals surface area contributed by atoms with Crippen LogP contribution in [0.2, 0.25) is 0 Å². The molecule has 1 aromatic carbocycles. The van der Waals surface area contributed by atoms with Gasteiger partial charge in [-0.25, -0.2) is 14.8 Å². The molecule has 0 aliphatic heterocycles. The Morgan fingerprint density at radius 1 is 1.16 bits per heavy atom. The van der Waals surface area contributed by atoms with Gasteiger partial charge < -0.3 is 10.1 Å². The van der Waals surface area contributed by atoms with Crippen molar-refractivity contribution in [2.75, 3.05) is 6.54 Å². The highest BCUT2D eigenvalue weighted by atomic mass is 16.6. The second-order valence-electron chi connectivity index (χ2n) is 6.72. The van der Waals surface area contributed by atoms with Gasteiger partial charge >= 0.3 is 6.09 Å². The number of nitrogens with one attached hydrogen (secondary N) is 1. The van der Waals surface area contributed by atoms with Crippen molar-refractivity contribution in [1.29, 1.82) is 0 Å². The molecular weight excluding hydrogens is 316 g/mol. The molecule has 0 radical (unpaired) electrons. The first kappa shape index (κ1) is 17.0. The van der Waals surface area contributed by atoms with Crippen LogP contribution in [0.3, 0.4) is 0 Å². The number of para-hydroxylation sites is 1. The predicted molar refractivity (Wildman–Crippen MR) is 96.8 cm³/mol. The maximum atomic E-state index is 11.8. The number of nitrogens with zero attached hydrogens (tertiary/aromatic N) is 3. The summed E-state index contributed by atoms with van der Waals surface area (Å²) in [5, 5.41) is 2.78. The first-order valence-corrected chi connectivity index (χ1v) is 8.29. The number of fused-ring (bicyclic) bond motifs is 1. The summed E-state index contributed by atoms with van der Waals surface area (Å²) in [5.74, 6) is 0.843. The molecule has 0 fully saturated rings. The van der Waals surface area contributed by atoms with Gasteiger partial charge in [0.25, 0.3) is 0 Å². The van der Waals surface area contributed by atoms with Crippen LogP contribution in [-0.2, 0) is 11.2 Å². The maximum absolute atomic E-state index is 11.8. The zero-order chi connectivity index (χ0) is 17.9. The second-order valence-corrected chi connectivity index (χ2v) is 6.72. The van der Waals surface area contributed by atoms with Gasteiger partial charge in [0.1, 0.15) is 11.4 Å². The summed E-state index contributed by atoms with van der Waals surface area (Å²) in [5.41, 5.74) is 2.15. The van der Waals surface area contributed by atoms with Crippen molar-refractivity contribution in [3.8, 4) is 5.69 Å². The minimum absolute atomic E-state index is 0.423. The highest BCUT2D eigenvalue weighted by molar-refractivity contribution is 5.74. The van der Waals surface area contributed by atoms with Gasteiger partial charge in [-0.3, -0.25) is 4.57 Å². The summed E-state index contributed by atoms with van der Waals surface area (Å²) in [7, 11) is 0. The topological polar surface area (TPSA) is 69.0 Å². The van der Waals surface area contributed by atoms with Crippen molar-refractivity contribution in [3.05, 3.63) is 54.5 Å². The van der Waals surface area contributed by atoms with Crippen LogP contribution in [0.1, 0.15) is 26.6 Å². The Labute approximate surface area is 146 Å². The second kappa shape index (κ2) is 6.93. The van der Waals surface area contributed by atoms with Crippen molar-refractivity contribution >= 4 is 17.3 Å². The standard InChI is InChI=1S/C19H22N4O2/c1-19(2,3)25-18(24)21-13-11-16-22-17-15(10-7-12-20-17)23(16)14-8-5-4-6-9-14/h4-10,12H,11,13H2,1-3H3,(H,21,24). The van der Waals surface area contributed by atoms with E-state index in [0.29, 0.717) is 18.6 Å². The molecule has 0 atom stereocenters. The molecule has 0 spiro atoms. The van der Waals surface area contributed by atoms with Crippen molar-refractivity contribution in [2.24, 2.45) is 0 Å². The number of pyridine rings is 1. The molecule has 2 heterocycles. The lowest BCUT2D eigenvalue weighted by molar-refractivity contribution is 0.0528. The third-order valence-corrected chi connectivity index (χ3v) is 3.53. The van der Waals surface area contributed by atoms with Gasteiger partial charge in [-0.2, -0.15) is 0 Å². The first-order chi connectivity index (χ1) is 11.9. The Morgan fingerprint density at radius 2 is 1.92 bits per heavy atom. The summed E-state index contributed by atoms with van der Waals surface area (Å²) in [6.07, 6.45) is 1.88. The number of aromatic nitrogens is 3. The highest BCUT2D eigenvalue weighted by Gasteiger charge is 2.17. The van der Waals surface area contributed by atoms with E-state index >= 15 is 0 Å². The number of hydrogen-bond donors (Lipinski definition) is 1. The number of hydrogen-bond acceptors (Lipinski definition) is 4. The fourth-order valence-electron chi connectivity index (χ4n) is 2.58. The number of amides is 1. The molecule has 0 bridgehead atoms. The summed E-state index contributed by atoms with van der Waals surface area (Å²) < 4.78 is 7.33. The fourth-order valence-corrected chi connectivity index (χ4v) is 2.58. The van der Waals surface area contributed by atoms with Crippen molar-refractivity contribution in [3.63, 3.8) is 0 Å². The lowest BCUT2D eigenvalue weighted by Gasteiger charge is -2.19. The number of benzene rings is 1. The molecule has 0 saturated heterocycles. The van der Waals surface area contributed by atoms with Crippen LogP contribution in [0.25, 0.3) is 16.9 Å². The normalized spacial score (nSPS) is 11.5. The Morgan fingerprint density at radius 3 is 2.64 bits per heavy atom. The molecule has 3 aromatic rings. The van der Waals surface area contributed by atoms with E-state index in [-0.39, 0.29) is 0 Å². The number of carbonyl (C=O) groups excluding carboxylic acids is 1. The van der Waals surface area contributed by atoms with Gasteiger partial charge in [0.15, 0.2) is 5.65 Å². The Bertz CT molecular complexity index is 866. The van der Waals surface area contributed by atoms with Crippen LogP contribution < -0.4 is 5.32 Å². The Hall–Kier alpha value is -2.89. The van der Waals surface area contributed by atoms with Crippen molar-refractivity contribution in [2.45, 2.75) is 32.8 Å². The Balaban J connectivity index is 1.81. The van der Waals surface area contributed by atoms with E-state index < -0.39 is 11.7 Å². The third kappa shape index (κ3) is 4.15. The molecule has 6 heteroatoms. The van der Waals surface area contributed by atoms with Gasteiger partial charge in [-0.15, -0.1) is 0 Å². The third-order valence-electron chi connectivity index (χ3n) is 3.53. The smallest absolute Gasteiger partial charge is 0.407 e. The van der Waals surface area contributed by atoms with Crippen LogP contribution >= 0.6 is 0 Å². The van der Waals surface area contributed by atoms with Gasteiger partial charge in [0.05, 0.1) is 5.52 Å². The highest BCUT2D eigenvalue weighted by Crippen LogP contribution is 2.20. The molecular formula is C19H22N4O2. The summed E-state index contributed by atoms with van der Waals surface area (Å²) >= 11 is 0. The minimum atomic E-state index is -0.509. The van der Waals surface area contributed by atoms with Gasteiger partial charge in [0.2, 0.25) is 0 Å². The molecule has 0 aliphatic carbocycles. The number of carbonyl (C=O) groups is 1. The molecule has 25 heavy (non-hydrogen) atoms. The van der Waals surface area contributed by atoms with Crippen LogP contribution in [0.15, 0.2) is 48.7 Å². The number of rotatable bonds is 4. The lowest BCUT2D eigenvalue weighted by Crippen LogP contribution is -2.33. The van der Waals surface area contributed by atoms with E-state index in [1.807, 2.05) is 63.2 Å². The maximum Gasteiger partial charge on any atom is 0.407 e. The van der Waals surface area contributed by atoms with E-state index in [1.54, 1.807) is 6.20 Å². The predicted octanol–water partition coefficient (Wildman–Crippen LogP) is 3.49. The lowest BCUT2D eigenvalue weighted by atomic mass is 10.2. The molecule has 3 rings (SSSR count). The van der Waals surface area contributed by atoms with E-state index in [0.717, 1.165) is 17.0 Å². The molecule has 0 saturated carbocycles. The molecule has 2 aromatic heterocycles. The molecule has 0 unspecified atom stereocenters. The average Bonchev–Trinajstić information content (AvgIpc) is 2.92. The van der Waals surface area contributed by atoms with E-state index in [4.69, 9.17) is 4.74 Å². The van der Waals surface area contributed by atoms with Crippen LogP contribution in [0.4, 0.5) is 4.79 Å². The Kier molecular flexibility index (Phi) is 4.70.